The molecular weight excluding hydrogens is 298 g/mol. The maximum absolute atomic E-state index is 11.7. The number of hydrazone groups is 1. The van der Waals surface area contributed by atoms with Gasteiger partial charge in [0.05, 0.1) is 11.8 Å². The van der Waals surface area contributed by atoms with Crippen molar-refractivity contribution in [2.45, 2.75) is 6.92 Å². The quantitative estimate of drug-likeness (QED) is 0.700. The van der Waals surface area contributed by atoms with Gasteiger partial charge in [-0.25, -0.2) is 5.43 Å². The topological polar surface area (TPSA) is 67.5 Å². The molecule has 18 heavy (non-hydrogen) atoms. The number of aryl methyl sites for hydroxylation is 1. The van der Waals surface area contributed by atoms with Gasteiger partial charge in [-0.2, -0.15) is 5.10 Å². The molecule has 0 atom stereocenters. The van der Waals surface area contributed by atoms with E-state index >= 15 is 0 Å². The van der Waals surface area contributed by atoms with Gasteiger partial charge in [0.25, 0.3) is 5.91 Å². The molecule has 2 rings (SSSR count). The van der Waals surface area contributed by atoms with Crippen LogP contribution in [-0.2, 0) is 0 Å². The lowest BCUT2D eigenvalue weighted by molar-refractivity contribution is 0.0954. The van der Waals surface area contributed by atoms with E-state index in [0.29, 0.717) is 11.3 Å². The van der Waals surface area contributed by atoms with E-state index in [9.17, 15) is 4.79 Å². The Labute approximate surface area is 112 Å². The fraction of sp³-hybridized carbons (Fsp3) is 0.0833. The second-order valence-electron chi connectivity index (χ2n) is 3.54. The number of halogens is 1. The highest BCUT2D eigenvalue weighted by molar-refractivity contribution is 9.10. The molecule has 5 nitrogen and oxygen atoms in total. The SMILES string of the molecule is Cc1ccc(/C=N/NC(=O)c2cncc(Br)c2)o1. The molecule has 2 aromatic rings. The van der Waals surface area contributed by atoms with Crippen LogP contribution in [0.3, 0.4) is 0 Å². The third-order valence-electron chi connectivity index (χ3n) is 2.09. The summed E-state index contributed by atoms with van der Waals surface area (Å²) in [7, 11) is 0. The van der Waals surface area contributed by atoms with Gasteiger partial charge in [-0.15, -0.1) is 0 Å². The van der Waals surface area contributed by atoms with Crippen molar-refractivity contribution in [1.29, 1.82) is 0 Å². The Bertz CT molecular complexity index is 593. The van der Waals surface area contributed by atoms with E-state index in [4.69, 9.17) is 4.42 Å². The molecule has 1 amide bonds. The van der Waals surface area contributed by atoms with Gasteiger partial charge in [0.1, 0.15) is 11.5 Å². The van der Waals surface area contributed by atoms with Crippen LogP contribution < -0.4 is 5.43 Å². The number of rotatable bonds is 3. The first kappa shape index (κ1) is 12.5. The summed E-state index contributed by atoms with van der Waals surface area (Å²) in [6.45, 7) is 1.84. The zero-order chi connectivity index (χ0) is 13.0. The summed E-state index contributed by atoms with van der Waals surface area (Å²) >= 11 is 3.24. The van der Waals surface area contributed by atoms with Crippen LogP contribution in [0.15, 0.2) is 44.6 Å². The number of carbonyl (C=O) groups is 1. The number of nitrogens with one attached hydrogen (secondary N) is 1. The molecule has 0 unspecified atom stereocenters. The molecule has 2 aromatic heterocycles. The number of carbonyl (C=O) groups excluding carboxylic acids is 1. The summed E-state index contributed by atoms with van der Waals surface area (Å²) in [5.41, 5.74) is 2.82. The third-order valence-corrected chi connectivity index (χ3v) is 2.52. The van der Waals surface area contributed by atoms with Crippen molar-refractivity contribution in [2.24, 2.45) is 5.10 Å². The molecule has 0 saturated carbocycles. The smallest absolute Gasteiger partial charge is 0.272 e. The van der Waals surface area contributed by atoms with Gasteiger partial charge < -0.3 is 4.42 Å². The summed E-state index contributed by atoms with van der Waals surface area (Å²) in [6, 6.07) is 5.25. The molecule has 6 heteroatoms. The van der Waals surface area contributed by atoms with Crippen molar-refractivity contribution >= 4 is 28.1 Å². The highest BCUT2D eigenvalue weighted by Gasteiger charge is 2.04. The second-order valence-corrected chi connectivity index (χ2v) is 4.46. The summed E-state index contributed by atoms with van der Waals surface area (Å²) < 4.78 is 6.01. The van der Waals surface area contributed by atoms with E-state index in [-0.39, 0.29) is 5.91 Å². The summed E-state index contributed by atoms with van der Waals surface area (Å²) in [5, 5.41) is 3.80. The average Bonchev–Trinajstić information content (AvgIpc) is 2.75. The monoisotopic (exact) mass is 307 g/mol. The molecule has 0 aliphatic carbocycles. The van der Waals surface area contributed by atoms with E-state index in [1.165, 1.54) is 12.4 Å². The summed E-state index contributed by atoms with van der Waals surface area (Å²) in [6.07, 6.45) is 4.51. The predicted octanol–water partition coefficient (Wildman–Crippen LogP) is 2.51. The third kappa shape index (κ3) is 3.27. The molecule has 0 spiro atoms. The van der Waals surface area contributed by atoms with Gasteiger partial charge in [-0.05, 0) is 41.1 Å². The minimum atomic E-state index is -0.330. The van der Waals surface area contributed by atoms with Crippen molar-refractivity contribution < 1.29 is 9.21 Å². The normalized spacial score (nSPS) is 10.8. The van der Waals surface area contributed by atoms with E-state index in [1.54, 1.807) is 18.3 Å². The molecule has 0 aromatic carbocycles. The maximum Gasteiger partial charge on any atom is 0.272 e. The lowest BCUT2D eigenvalue weighted by Crippen LogP contribution is -2.17. The standard InChI is InChI=1S/C12H10BrN3O2/c1-8-2-3-11(18-8)7-15-16-12(17)9-4-10(13)6-14-5-9/h2-7H,1H3,(H,16,17)/b15-7+. The van der Waals surface area contributed by atoms with Gasteiger partial charge in [-0.3, -0.25) is 9.78 Å². The van der Waals surface area contributed by atoms with Crippen LogP contribution in [0.2, 0.25) is 0 Å². The van der Waals surface area contributed by atoms with E-state index in [1.807, 2.05) is 13.0 Å². The first-order valence-electron chi connectivity index (χ1n) is 5.15. The first-order chi connectivity index (χ1) is 8.65. The number of pyridine rings is 1. The van der Waals surface area contributed by atoms with Crippen LogP contribution in [-0.4, -0.2) is 17.1 Å². The van der Waals surface area contributed by atoms with Crippen LogP contribution in [0.4, 0.5) is 0 Å². The lowest BCUT2D eigenvalue weighted by atomic mass is 10.3. The number of hydrogen-bond acceptors (Lipinski definition) is 4. The van der Waals surface area contributed by atoms with Crippen LogP contribution in [0.25, 0.3) is 0 Å². The van der Waals surface area contributed by atoms with Crippen molar-refractivity contribution in [1.82, 2.24) is 10.4 Å². The minimum absolute atomic E-state index is 0.330. The largest absolute Gasteiger partial charge is 0.460 e. The molecule has 0 saturated heterocycles. The minimum Gasteiger partial charge on any atom is -0.460 e. The fourth-order valence-electron chi connectivity index (χ4n) is 1.28. The Balaban J connectivity index is 1.98. The molecule has 1 N–H and O–H groups in total. The van der Waals surface area contributed by atoms with Gasteiger partial charge in [-0.1, -0.05) is 0 Å². The number of aromatic nitrogens is 1. The van der Waals surface area contributed by atoms with Crippen LogP contribution in [0, 0.1) is 6.92 Å². The number of amides is 1. The highest BCUT2D eigenvalue weighted by Crippen LogP contribution is 2.09. The molecule has 0 aliphatic heterocycles. The van der Waals surface area contributed by atoms with Crippen molar-refractivity contribution in [3.63, 3.8) is 0 Å². The molecule has 0 aliphatic rings. The Morgan fingerprint density at radius 3 is 3.00 bits per heavy atom. The molecule has 0 fully saturated rings. The van der Waals surface area contributed by atoms with Gasteiger partial charge in [0, 0.05) is 16.9 Å². The van der Waals surface area contributed by atoms with Crippen molar-refractivity contribution in [2.75, 3.05) is 0 Å². The van der Waals surface area contributed by atoms with E-state index < -0.39 is 0 Å². The van der Waals surface area contributed by atoms with Crippen LogP contribution in [0.5, 0.6) is 0 Å². The Hall–Kier alpha value is -1.95. The Kier molecular flexibility index (Phi) is 3.88. The number of hydrogen-bond donors (Lipinski definition) is 1. The second kappa shape index (κ2) is 5.59. The molecule has 0 radical (unpaired) electrons. The predicted molar refractivity (Wildman–Crippen MR) is 70.4 cm³/mol. The molecule has 92 valence electrons. The van der Waals surface area contributed by atoms with Crippen LogP contribution >= 0.6 is 15.9 Å². The number of nitrogens with zero attached hydrogens (tertiary/aromatic N) is 2. The Morgan fingerprint density at radius 1 is 1.50 bits per heavy atom. The molecular formula is C12H10BrN3O2. The van der Waals surface area contributed by atoms with Crippen LogP contribution in [0.1, 0.15) is 21.9 Å². The Morgan fingerprint density at radius 2 is 2.33 bits per heavy atom. The average molecular weight is 308 g/mol. The van der Waals surface area contributed by atoms with Gasteiger partial charge >= 0.3 is 0 Å². The maximum atomic E-state index is 11.7. The summed E-state index contributed by atoms with van der Waals surface area (Å²) in [4.78, 5) is 15.6. The highest BCUT2D eigenvalue weighted by atomic mass is 79.9. The first-order valence-corrected chi connectivity index (χ1v) is 5.95. The van der Waals surface area contributed by atoms with Crippen molar-refractivity contribution in [3.8, 4) is 0 Å². The van der Waals surface area contributed by atoms with E-state index in [0.717, 1.165) is 10.2 Å². The van der Waals surface area contributed by atoms with E-state index in [2.05, 4.69) is 31.4 Å². The molecule has 0 bridgehead atoms. The van der Waals surface area contributed by atoms with Gasteiger partial charge in [0.2, 0.25) is 0 Å². The zero-order valence-corrected chi connectivity index (χ0v) is 11.1. The summed E-state index contributed by atoms with van der Waals surface area (Å²) in [5.74, 6) is 1.04. The zero-order valence-electron chi connectivity index (χ0n) is 9.55. The van der Waals surface area contributed by atoms with Gasteiger partial charge in [0.15, 0.2) is 0 Å². The fourth-order valence-corrected chi connectivity index (χ4v) is 1.64. The lowest BCUT2D eigenvalue weighted by Gasteiger charge is -1.98. The van der Waals surface area contributed by atoms with Crippen molar-refractivity contribution in [3.05, 3.63) is 52.1 Å². The number of furan rings is 1. The molecule has 2 heterocycles.